The topological polar surface area (TPSA) is 50.4 Å². The molecule has 0 aromatic heterocycles. The molecule has 1 aliphatic rings. The second-order valence-corrected chi connectivity index (χ2v) is 5.61. The lowest BCUT2D eigenvalue weighted by Gasteiger charge is -2.22. The van der Waals surface area contributed by atoms with Gasteiger partial charge in [-0.3, -0.25) is 4.79 Å². The predicted octanol–water partition coefficient (Wildman–Crippen LogP) is 3.31. The van der Waals surface area contributed by atoms with Gasteiger partial charge in [0.15, 0.2) is 0 Å². The van der Waals surface area contributed by atoms with Crippen molar-refractivity contribution >= 4 is 11.6 Å². The zero-order chi connectivity index (χ0) is 15.9. The Bertz CT molecular complexity index is 503. The molecule has 0 bridgehead atoms. The SMILES string of the molecule is Cc1cccc(OC(F)F)c1NC(=O)CCC1CCNCC1. The van der Waals surface area contributed by atoms with Crippen LogP contribution in [0.3, 0.4) is 0 Å². The lowest BCUT2D eigenvalue weighted by Crippen LogP contribution is -2.28. The van der Waals surface area contributed by atoms with Crippen LogP contribution in [-0.4, -0.2) is 25.6 Å². The van der Waals surface area contributed by atoms with Crippen molar-refractivity contribution in [1.82, 2.24) is 5.32 Å². The van der Waals surface area contributed by atoms with E-state index in [0.29, 0.717) is 23.6 Å². The third-order valence-electron chi connectivity index (χ3n) is 3.95. The van der Waals surface area contributed by atoms with Crippen LogP contribution >= 0.6 is 0 Å². The maximum absolute atomic E-state index is 12.4. The molecule has 0 saturated carbocycles. The fraction of sp³-hybridized carbons (Fsp3) is 0.562. The highest BCUT2D eigenvalue weighted by molar-refractivity contribution is 5.93. The summed E-state index contributed by atoms with van der Waals surface area (Å²) >= 11 is 0. The molecule has 122 valence electrons. The standard InChI is InChI=1S/C16H22F2N2O2/c1-11-3-2-4-13(22-16(17)18)15(11)20-14(21)6-5-12-7-9-19-10-8-12/h2-4,12,16,19H,5-10H2,1H3,(H,20,21). The summed E-state index contributed by atoms with van der Waals surface area (Å²) in [4.78, 5) is 12.1. The van der Waals surface area contributed by atoms with Gasteiger partial charge in [0.2, 0.25) is 5.91 Å². The Morgan fingerprint density at radius 3 is 2.82 bits per heavy atom. The largest absolute Gasteiger partial charge is 0.433 e. The van der Waals surface area contributed by atoms with Gasteiger partial charge in [-0.1, -0.05) is 12.1 Å². The van der Waals surface area contributed by atoms with E-state index in [4.69, 9.17) is 0 Å². The molecule has 2 rings (SSSR count). The molecule has 1 aromatic rings. The minimum absolute atomic E-state index is 0.00483. The third kappa shape index (κ3) is 4.94. The van der Waals surface area contributed by atoms with E-state index in [9.17, 15) is 13.6 Å². The van der Waals surface area contributed by atoms with Crippen molar-refractivity contribution < 1.29 is 18.3 Å². The van der Waals surface area contributed by atoms with Gasteiger partial charge in [-0.25, -0.2) is 0 Å². The van der Waals surface area contributed by atoms with Crippen LogP contribution in [0.1, 0.15) is 31.2 Å². The molecule has 0 unspecified atom stereocenters. The van der Waals surface area contributed by atoms with Gasteiger partial charge in [-0.15, -0.1) is 0 Å². The number of aryl methyl sites for hydroxylation is 1. The van der Waals surface area contributed by atoms with Crippen LogP contribution in [0.5, 0.6) is 5.75 Å². The number of amides is 1. The molecule has 1 saturated heterocycles. The Hall–Kier alpha value is -1.69. The first-order valence-electron chi connectivity index (χ1n) is 7.61. The van der Waals surface area contributed by atoms with Gasteiger partial charge in [-0.2, -0.15) is 8.78 Å². The maximum Gasteiger partial charge on any atom is 0.387 e. The summed E-state index contributed by atoms with van der Waals surface area (Å²) in [5.74, 6) is 0.401. The van der Waals surface area contributed by atoms with Crippen LogP contribution in [0, 0.1) is 12.8 Å². The molecular weight excluding hydrogens is 290 g/mol. The summed E-state index contributed by atoms with van der Waals surface area (Å²) < 4.78 is 29.3. The van der Waals surface area contributed by atoms with Crippen molar-refractivity contribution in [1.29, 1.82) is 0 Å². The number of anilines is 1. The average Bonchev–Trinajstić information content (AvgIpc) is 2.49. The van der Waals surface area contributed by atoms with Crippen LogP contribution in [-0.2, 0) is 4.79 Å². The first-order valence-corrected chi connectivity index (χ1v) is 7.61. The highest BCUT2D eigenvalue weighted by Crippen LogP contribution is 2.30. The number of nitrogens with one attached hydrogen (secondary N) is 2. The maximum atomic E-state index is 12.4. The van der Waals surface area contributed by atoms with Gasteiger partial charge in [-0.05, 0) is 56.8 Å². The van der Waals surface area contributed by atoms with E-state index in [2.05, 4.69) is 15.4 Å². The highest BCUT2D eigenvalue weighted by atomic mass is 19.3. The summed E-state index contributed by atoms with van der Waals surface area (Å²) in [6.45, 7) is 0.834. The van der Waals surface area contributed by atoms with Crippen molar-refractivity contribution in [3.05, 3.63) is 23.8 Å². The fourth-order valence-electron chi connectivity index (χ4n) is 2.70. The summed E-state index contributed by atoms with van der Waals surface area (Å²) in [6, 6.07) is 4.81. The average molecular weight is 312 g/mol. The highest BCUT2D eigenvalue weighted by Gasteiger charge is 2.17. The smallest absolute Gasteiger partial charge is 0.387 e. The monoisotopic (exact) mass is 312 g/mol. The van der Waals surface area contributed by atoms with Crippen molar-refractivity contribution in [3.63, 3.8) is 0 Å². The minimum Gasteiger partial charge on any atom is -0.433 e. The molecule has 1 heterocycles. The van der Waals surface area contributed by atoms with Gasteiger partial charge in [0, 0.05) is 6.42 Å². The zero-order valence-electron chi connectivity index (χ0n) is 12.7. The van der Waals surface area contributed by atoms with Gasteiger partial charge in [0.25, 0.3) is 0 Å². The molecule has 6 heteroatoms. The van der Waals surface area contributed by atoms with E-state index in [0.717, 1.165) is 32.4 Å². The van der Waals surface area contributed by atoms with E-state index in [1.54, 1.807) is 19.1 Å². The number of carbonyl (C=O) groups is 1. The fourth-order valence-corrected chi connectivity index (χ4v) is 2.70. The lowest BCUT2D eigenvalue weighted by atomic mass is 9.93. The molecule has 1 fully saturated rings. The van der Waals surface area contributed by atoms with Gasteiger partial charge < -0.3 is 15.4 Å². The number of carbonyl (C=O) groups excluding carboxylic acids is 1. The summed E-state index contributed by atoms with van der Waals surface area (Å²) in [6.07, 6.45) is 3.38. The van der Waals surface area contributed by atoms with E-state index in [-0.39, 0.29) is 11.7 Å². The minimum atomic E-state index is -2.91. The number of alkyl halides is 2. The molecule has 1 amide bonds. The quantitative estimate of drug-likeness (QED) is 0.847. The summed E-state index contributed by atoms with van der Waals surface area (Å²) in [5.41, 5.74) is 1.03. The molecule has 0 spiro atoms. The van der Waals surface area contributed by atoms with E-state index >= 15 is 0 Å². The number of hydrogen-bond acceptors (Lipinski definition) is 3. The molecule has 1 aromatic carbocycles. The molecule has 4 nitrogen and oxygen atoms in total. The Balaban J connectivity index is 1.92. The summed E-state index contributed by atoms with van der Waals surface area (Å²) in [7, 11) is 0. The van der Waals surface area contributed by atoms with Crippen LogP contribution in [0.15, 0.2) is 18.2 Å². The molecule has 2 N–H and O–H groups in total. The number of piperidine rings is 1. The second kappa shape index (κ2) is 8.08. The molecule has 22 heavy (non-hydrogen) atoms. The van der Waals surface area contributed by atoms with E-state index in [1.807, 2.05) is 0 Å². The predicted molar refractivity (Wildman–Crippen MR) is 81.3 cm³/mol. The number of rotatable bonds is 6. The number of benzene rings is 1. The Labute approximate surface area is 129 Å². The second-order valence-electron chi connectivity index (χ2n) is 5.61. The molecule has 0 radical (unpaired) electrons. The van der Waals surface area contributed by atoms with Crippen molar-refractivity contribution in [3.8, 4) is 5.75 Å². The zero-order valence-corrected chi connectivity index (χ0v) is 12.7. The van der Waals surface area contributed by atoms with Gasteiger partial charge in [0.05, 0.1) is 5.69 Å². The van der Waals surface area contributed by atoms with Crippen LogP contribution in [0.25, 0.3) is 0 Å². The van der Waals surface area contributed by atoms with Crippen LogP contribution < -0.4 is 15.4 Å². The number of halogens is 2. The lowest BCUT2D eigenvalue weighted by molar-refractivity contribution is -0.116. The number of ether oxygens (including phenoxy) is 1. The Morgan fingerprint density at radius 2 is 2.14 bits per heavy atom. The van der Waals surface area contributed by atoms with E-state index < -0.39 is 6.61 Å². The number of hydrogen-bond donors (Lipinski definition) is 2. The van der Waals surface area contributed by atoms with Gasteiger partial charge in [0.1, 0.15) is 5.75 Å². The normalized spacial score (nSPS) is 15.8. The van der Waals surface area contributed by atoms with Crippen molar-refractivity contribution in [2.75, 3.05) is 18.4 Å². The van der Waals surface area contributed by atoms with Crippen LogP contribution in [0.2, 0.25) is 0 Å². The van der Waals surface area contributed by atoms with Crippen LogP contribution in [0.4, 0.5) is 14.5 Å². The van der Waals surface area contributed by atoms with Crippen molar-refractivity contribution in [2.24, 2.45) is 5.92 Å². The molecule has 0 atom stereocenters. The number of para-hydroxylation sites is 1. The first-order chi connectivity index (χ1) is 10.6. The molecular formula is C16H22F2N2O2. The molecule has 0 aliphatic carbocycles. The third-order valence-corrected chi connectivity index (χ3v) is 3.95. The Morgan fingerprint density at radius 1 is 1.41 bits per heavy atom. The van der Waals surface area contributed by atoms with Gasteiger partial charge >= 0.3 is 6.61 Å². The van der Waals surface area contributed by atoms with E-state index in [1.165, 1.54) is 6.07 Å². The summed E-state index contributed by atoms with van der Waals surface area (Å²) in [5, 5.41) is 6.00. The first kappa shape index (κ1) is 16.7. The molecule has 1 aliphatic heterocycles. The Kier molecular flexibility index (Phi) is 6.12. The van der Waals surface area contributed by atoms with Crippen molar-refractivity contribution in [2.45, 2.75) is 39.2 Å².